The average molecular weight is 390 g/mol. The van der Waals surface area contributed by atoms with Crippen LogP contribution in [0.5, 0.6) is 0 Å². The first-order valence-corrected chi connectivity index (χ1v) is 9.58. The van der Waals surface area contributed by atoms with Gasteiger partial charge in [-0.2, -0.15) is 0 Å². The van der Waals surface area contributed by atoms with Crippen molar-refractivity contribution in [2.45, 2.75) is 31.2 Å². The summed E-state index contributed by atoms with van der Waals surface area (Å²) in [5.74, 6) is -1.20. The predicted octanol–water partition coefficient (Wildman–Crippen LogP) is 1.02. The Hall–Kier alpha value is -0.940. The van der Waals surface area contributed by atoms with Crippen LogP contribution >= 0.6 is 12.4 Å². The van der Waals surface area contributed by atoms with E-state index < -0.39 is 31.4 Å². The lowest BCUT2D eigenvalue weighted by Gasteiger charge is -2.19. The van der Waals surface area contributed by atoms with Gasteiger partial charge in [0.2, 0.25) is 20.0 Å². The van der Waals surface area contributed by atoms with E-state index in [1.54, 1.807) is 13.8 Å². The first-order valence-electron chi connectivity index (χ1n) is 6.45. The van der Waals surface area contributed by atoms with Gasteiger partial charge in [-0.05, 0) is 39.0 Å². The zero-order valence-corrected chi connectivity index (χ0v) is 15.4. The average Bonchev–Trinajstić information content (AvgIpc) is 2.38. The fourth-order valence-corrected chi connectivity index (χ4v) is 3.23. The molecule has 0 aliphatic rings. The quantitative estimate of drug-likeness (QED) is 0.643. The first-order chi connectivity index (χ1) is 9.86. The second kappa shape index (κ2) is 7.75. The number of anilines is 1. The first kappa shape index (κ1) is 22.1. The molecule has 0 fully saturated rings. The third kappa shape index (κ3) is 7.00. The van der Waals surface area contributed by atoms with Crippen LogP contribution in [0, 0.1) is 5.82 Å². The van der Waals surface area contributed by atoms with Crippen molar-refractivity contribution in [3.05, 3.63) is 24.0 Å². The summed E-state index contributed by atoms with van der Waals surface area (Å²) in [5, 5.41) is 0. The maximum Gasteiger partial charge on any atom is 0.240 e. The van der Waals surface area contributed by atoms with Crippen molar-refractivity contribution in [2.75, 3.05) is 17.0 Å². The molecule has 0 spiro atoms. The molecule has 0 amide bonds. The number of halogens is 2. The van der Waals surface area contributed by atoms with E-state index in [-0.39, 0.29) is 35.3 Å². The number of nitrogens with two attached hydrogens (primary N) is 1. The standard InChI is InChI=1S/C12H20FN3O4S2.ClH/c1-4-21(17,18)16-11-6-5-9(7-10(11)13)22(19,20)15-8-12(2,3)14;/h5-7,15-16H,4,8,14H2,1-3H3;1H. The smallest absolute Gasteiger partial charge is 0.240 e. The number of hydrogen-bond acceptors (Lipinski definition) is 5. The summed E-state index contributed by atoms with van der Waals surface area (Å²) in [6.45, 7) is 4.65. The largest absolute Gasteiger partial charge is 0.324 e. The van der Waals surface area contributed by atoms with E-state index in [0.717, 1.165) is 18.2 Å². The summed E-state index contributed by atoms with van der Waals surface area (Å²) in [7, 11) is -7.57. The van der Waals surface area contributed by atoms with Gasteiger partial charge in [-0.25, -0.2) is 25.9 Å². The fourth-order valence-electron chi connectivity index (χ4n) is 1.35. The van der Waals surface area contributed by atoms with Gasteiger partial charge >= 0.3 is 0 Å². The van der Waals surface area contributed by atoms with Gasteiger partial charge in [-0.1, -0.05) is 0 Å². The number of rotatable bonds is 7. The lowest BCUT2D eigenvalue weighted by molar-refractivity contribution is 0.497. The Morgan fingerprint density at radius 1 is 1.22 bits per heavy atom. The summed E-state index contributed by atoms with van der Waals surface area (Å²) in [4.78, 5) is -0.311. The molecular weight excluding hydrogens is 369 g/mol. The Bertz CT molecular complexity index is 746. The maximum atomic E-state index is 13.9. The van der Waals surface area contributed by atoms with E-state index in [1.807, 2.05) is 4.72 Å². The van der Waals surface area contributed by atoms with E-state index in [1.165, 1.54) is 6.92 Å². The molecule has 4 N–H and O–H groups in total. The van der Waals surface area contributed by atoms with E-state index in [0.29, 0.717) is 0 Å². The van der Waals surface area contributed by atoms with E-state index >= 15 is 0 Å². The molecule has 0 saturated carbocycles. The Morgan fingerprint density at radius 3 is 2.22 bits per heavy atom. The summed E-state index contributed by atoms with van der Waals surface area (Å²) in [6, 6.07) is 2.92. The molecule has 7 nitrogen and oxygen atoms in total. The van der Waals surface area contributed by atoms with Crippen LogP contribution in [-0.4, -0.2) is 34.7 Å². The van der Waals surface area contributed by atoms with Crippen LogP contribution in [0.3, 0.4) is 0 Å². The topological polar surface area (TPSA) is 118 Å². The van der Waals surface area contributed by atoms with Crippen LogP contribution in [0.15, 0.2) is 23.1 Å². The fraction of sp³-hybridized carbons (Fsp3) is 0.500. The zero-order chi connectivity index (χ0) is 17.2. The van der Waals surface area contributed by atoms with Gasteiger partial charge in [-0.3, -0.25) is 4.72 Å². The molecule has 0 radical (unpaired) electrons. The monoisotopic (exact) mass is 389 g/mol. The van der Waals surface area contributed by atoms with Crippen LogP contribution < -0.4 is 15.2 Å². The Kier molecular flexibility index (Phi) is 7.44. The third-order valence-electron chi connectivity index (χ3n) is 2.61. The number of sulfonamides is 2. The lowest BCUT2D eigenvalue weighted by Crippen LogP contribution is -2.45. The van der Waals surface area contributed by atoms with Crippen LogP contribution in [-0.2, 0) is 20.0 Å². The van der Waals surface area contributed by atoms with E-state index in [9.17, 15) is 21.2 Å². The third-order valence-corrected chi connectivity index (χ3v) is 5.30. The second-order valence-corrected chi connectivity index (χ2v) is 9.24. The summed E-state index contributed by atoms with van der Waals surface area (Å²) < 4.78 is 65.0. The van der Waals surface area contributed by atoms with Crippen molar-refractivity contribution in [3.63, 3.8) is 0 Å². The number of benzene rings is 1. The molecule has 23 heavy (non-hydrogen) atoms. The molecule has 0 unspecified atom stereocenters. The molecule has 11 heteroatoms. The summed E-state index contributed by atoms with van der Waals surface area (Å²) in [5.41, 5.74) is 4.61. The minimum absolute atomic E-state index is 0. The van der Waals surface area contributed by atoms with Gasteiger partial charge in [0.1, 0.15) is 5.82 Å². The predicted molar refractivity (Wildman–Crippen MR) is 90.2 cm³/mol. The van der Waals surface area contributed by atoms with Crippen LogP contribution in [0.1, 0.15) is 20.8 Å². The van der Waals surface area contributed by atoms with Crippen LogP contribution in [0.4, 0.5) is 10.1 Å². The summed E-state index contributed by atoms with van der Waals surface area (Å²) >= 11 is 0. The minimum Gasteiger partial charge on any atom is -0.324 e. The van der Waals surface area contributed by atoms with Gasteiger partial charge in [-0.15, -0.1) is 12.4 Å². The molecule has 1 rings (SSSR count). The van der Waals surface area contributed by atoms with Crippen molar-refractivity contribution in [2.24, 2.45) is 5.73 Å². The normalized spacial score (nSPS) is 12.6. The summed E-state index contributed by atoms with van der Waals surface area (Å²) in [6.07, 6.45) is 0. The highest BCUT2D eigenvalue weighted by Gasteiger charge is 2.20. The molecule has 0 heterocycles. The molecule has 0 aliphatic carbocycles. The van der Waals surface area contributed by atoms with Gasteiger partial charge in [0.05, 0.1) is 16.3 Å². The molecule has 0 saturated heterocycles. The molecule has 0 aromatic heterocycles. The zero-order valence-electron chi connectivity index (χ0n) is 13.0. The number of hydrogen-bond donors (Lipinski definition) is 3. The number of nitrogens with one attached hydrogen (secondary N) is 2. The van der Waals surface area contributed by atoms with Crippen molar-refractivity contribution in [3.8, 4) is 0 Å². The van der Waals surface area contributed by atoms with Gasteiger partial charge < -0.3 is 5.73 Å². The molecular formula is C12H21ClFN3O4S2. The highest BCUT2D eigenvalue weighted by atomic mass is 35.5. The molecule has 0 atom stereocenters. The van der Waals surface area contributed by atoms with Crippen LogP contribution in [0.25, 0.3) is 0 Å². The van der Waals surface area contributed by atoms with Crippen molar-refractivity contribution < 1.29 is 21.2 Å². The second-order valence-electron chi connectivity index (χ2n) is 5.46. The maximum absolute atomic E-state index is 13.9. The molecule has 1 aromatic rings. The minimum atomic E-state index is -3.93. The molecule has 0 bridgehead atoms. The van der Waals surface area contributed by atoms with Crippen molar-refractivity contribution in [1.29, 1.82) is 0 Å². The molecule has 0 aliphatic heterocycles. The van der Waals surface area contributed by atoms with E-state index in [4.69, 9.17) is 5.73 Å². The van der Waals surface area contributed by atoms with E-state index in [2.05, 4.69) is 4.72 Å². The van der Waals surface area contributed by atoms with Crippen LogP contribution in [0.2, 0.25) is 0 Å². The highest BCUT2D eigenvalue weighted by Crippen LogP contribution is 2.20. The Morgan fingerprint density at radius 2 is 1.78 bits per heavy atom. The van der Waals surface area contributed by atoms with Gasteiger partial charge in [0.15, 0.2) is 0 Å². The van der Waals surface area contributed by atoms with Crippen molar-refractivity contribution in [1.82, 2.24) is 4.72 Å². The van der Waals surface area contributed by atoms with Gasteiger partial charge in [0.25, 0.3) is 0 Å². The Balaban J connectivity index is 0.00000484. The molecule has 1 aromatic carbocycles. The van der Waals surface area contributed by atoms with Crippen molar-refractivity contribution >= 4 is 38.1 Å². The lowest BCUT2D eigenvalue weighted by atomic mass is 10.1. The Labute approximate surface area is 142 Å². The van der Waals surface area contributed by atoms with Gasteiger partial charge in [0, 0.05) is 12.1 Å². The SMILES string of the molecule is CCS(=O)(=O)Nc1ccc(S(=O)(=O)NCC(C)(C)N)cc1F.Cl. The molecule has 134 valence electrons. The highest BCUT2D eigenvalue weighted by molar-refractivity contribution is 7.92.